The van der Waals surface area contributed by atoms with E-state index in [1.165, 1.54) is 11.8 Å². The number of H-pyrrole nitrogens is 1. The van der Waals surface area contributed by atoms with Gasteiger partial charge in [-0.3, -0.25) is 0 Å². The van der Waals surface area contributed by atoms with Crippen molar-refractivity contribution < 1.29 is 14.9 Å². The first-order valence-electron chi connectivity index (χ1n) is 8.24. The summed E-state index contributed by atoms with van der Waals surface area (Å²) in [6, 6.07) is 16.5. The van der Waals surface area contributed by atoms with Crippen molar-refractivity contribution in [2.24, 2.45) is 0 Å². The van der Waals surface area contributed by atoms with Crippen LogP contribution >= 0.6 is 31.7 Å². The first-order chi connectivity index (χ1) is 13.5. The summed E-state index contributed by atoms with van der Waals surface area (Å²) in [6.07, 6.45) is 0. The van der Waals surface area contributed by atoms with Crippen LogP contribution in [0.5, 0.6) is 5.75 Å². The van der Waals surface area contributed by atoms with Crippen LogP contribution in [0.25, 0.3) is 33.5 Å². The van der Waals surface area contributed by atoms with E-state index >= 15 is 0 Å². The lowest BCUT2D eigenvalue weighted by molar-refractivity contribution is 0.477. The van der Waals surface area contributed by atoms with Gasteiger partial charge in [-0.25, -0.2) is 9.97 Å². The highest BCUT2D eigenvalue weighted by Gasteiger charge is 2.13. The van der Waals surface area contributed by atoms with Gasteiger partial charge < -0.3 is 19.9 Å². The Bertz CT molecular complexity index is 1140. The third-order valence-electron chi connectivity index (χ3n) is 4.10. The van der Waals surface area contributed by atoms with Crippen LogP contribution in [0, 0.1) is 0 Å². The SMILES string of the molecule is Oc1ccccc1-c1ccc(-c2nc3nc(SCP(O)O)[nH]c3cc2Cl)cc1. The first-order valence-corrected chi connectivity index (χ1v) is 11.0. The van der Waals surface area contributed by atoms with Crippen molar-refractivity contribution >= 4 is 42.9 Å². The standard InChI is InChI=1S/C19H15ClN3O3PS/c20-14-9-15-18(23-19(21-15)28-10-27(25)26)22-17(14)12-7-5-11(6-8-12)13-3-1-2-4-16(13)24/h1-9,24-26H,10H2,(H,21,22,23). The van der Waals surface area contributed by atoms with Crippen LogP contribution in [-0.4, -0.2) is 35.3 Å². The summed E-state index contributed by atoms with van der Waals surface area (Å²) < 4.78 is 0. The summed E-state index contributed by atoms with van der Waals surface area (Å²) in [4.78, 5) is 30.1. The highest BCUT2D eigenvalue weighted by molar-refractivity contribution is 8.03. The number of nitrogens with one attached hydrogen (secondary N) is 1. The molecule has 9 heteroatoms. The Morgan fingerprint density at radius 1 is 1.00 bits per heavy atom. The van der Waals surface area contributed by atoms with Gasteiger partial charge in [-0.05, 0) is 17.7 Å². The van der Waals surface area contributed by atoms with Crippen molar-refractivity contribution in [3.05, 3.63) is 59.6 Å². The molecule has 2 aromatic heterocycles. The number of rotatable bonds is 5. The number of aromatic nitrogens is 3. The zero-order valence-corrected chi connectivity index (χ0v) is 16.8. The lowest BCUT2D eigenvalue weighted by Gasteiger charge is -2.07. The minimum atomic E-state index is -1.99. The third kappa shape index (κ3) is 3.99. The van der Waals surface area contributed by atoms with Crippen LogP contribution in [0.4, 0.5) is 0 Å². The van der Waals surface area contributed by atoms with Gasteiger partial charge in [-0.1, -0.05) is 65.8 Å². The predicted molar refractivity (Wildman–Crippen MR) is 114 cm³/mol. The number of pyridine rings is 1. The molecule has 4 rings (SSSR count). The van der Waals surface area contributed by atoms with Crippen molar-refractivity contribution in [2.75, 3.05) is 5.49 Å². The third-order valence-corrected chi connectivity index (χ3v) is 6.29. The second kappa shape index (κ2) is 8.07. The molecular weight excluding hydrogens is 417 g/mol. The quantitative estimate of drug-likeness (QED) is 0.262. The highest BCUT2D eigenvalue weighted by atomic mass is 35.5. The molecule has 142 valence electrons. The molecule has 0 unspecified atom stereocenters. The largest absolute Gasteiger partial charge is 0.507 e. The number of aromatic amines is 1. The van der Waals surface area contributed by atoms with Gasteiger partial charge in [0.1, 0.15) is 5.75 Å². The predicted octanol–water partition coefficient (Wildman–Crippen LogP) is 5.00. The van der Waals surface area contributed by atoms with E-state index in [0.717, 1.165) is 16.7 Å². The number of phenols is 1. The van der Waals surface area contributed by atoms with E-state index in [4.69, 9.17) is 21.4 Å². The van der Waals surface area contributed by atoms with Crippen molar-refractivity contribution in [2.45, 2.75) is 5.16 Å². The Morgan fingerprint density at radius 3 is 2.43 bits per heavy atom. The highest BCUT2D eigenvalue weighted by Crippen LogP contribution is 2.35. The molecule has 0 atom stereocenters. The van der Waals surface area contributed by atoms with E-state index in [1.54, 1.807) is 18.2 Å². The Kier molecular flexibility index (Phi) is 5.53. The molecule has 4 N–H and O–H groups in total. The minimum Gasteiger partial charge on any atom is -0.507 e. The van der Waals surface area contributed by atoms with E-state index in [-0.39, 0.29) is 11.2 Å². The maximum absolute atomic E-state index is 10.0. The zero-order valence-electron chi connectivity index (χ0n) is 14.4. The Hall–Kier alpha value is -2.15. The van der Waals surface area contributed by atoms with Gasteiger partial charge in [0.15, 0.2) is 19.2 Å². The topological polar surface area (TPSA) is 102 Å². The molecule has 0 aliphatic rings. The molecule has 0 saturated heterocycles. The summed E-state index contributed by atoms with van der Waals surface area (Å²) >= 11 is 7.64. The molecule has 0 spiro atoms. The molecule has 28 heavy (non-hydrogen) atoms. The molecule has 2 aromatic carbocycles. The number of nitrogens with zero attached hydrogens (tertiary/aromatic N) is 2. The van der Waals surface area contributed by atoms with Crippen LogP contribution in [-0.2, 0) is 0 Å². The molecular formula is C19H15ClN3O3PS. The molecule has 2 heterocycles. The maximum atomic E-state index is 10.0. The van der Waals surface area contributed by atoms with Crippen molar-refractivity contribution in [1.29, 1.82) is 0 Å². The maximum Gasteiger partial charge on any atom is 0.179 e. The van der Waals surface area contributed by atoms with Crippen LogP contribution < -0.4 is 0 Å². The lowest BCUT2D eigenvalue weighted by Crippen LogP contribution is -1.88. The molecule has 0 amide bonds. The molecule has 0 aliphatic heterocycles. The van der Waals surface area contributed by atoms with E-state index in [0.29, 0.717) is 27.0 Å². The molecule has 0 bridgehead atoms. The smallest absolute Gasteiger partial charge is 0.179 e. The van der Waals surface area contributed by atoms with E-state index in [2.05, 4.69) is 15.0 Å². The summed E-state index contributed by atoms with van der Waals surface area (Å²) in [6.45, 7) is 0. The molecule has 0 saturated carbocycles. The van der Waals surface area contributed by atoms with Gasteiger partial charge in [0.05, 0.1) is 21.7 Å². The van der Waals surface area contributed by atoms with E-state index < -0.39 is 8.38 Å². The Morgan fingerprint density at radius 2 is 1.71 bits per heavy atom. The number of hydrogen-bond donors (Lipinski definition) is 4. The number of para-hydroxylation sites is 1. The number of phenolic OH excluding ortho intramolecular Hbond substituents is 1. The van der Waals surface area contributed by atoms with E-state index in [1.807, 2.05) is 36.4 Å². The second-order valence-corrected chi connectivity index (χ2v) is 8.83. The number of hydrogen-bond acceptors (Lipinski definition) is 6. The van der Waals surface area contributed by atoms with Crippen LogP contribution in [0.3, 0.4) is 0 Å². The molecule has 0 aliphatic carbocycles. The molecule has 0 radical (unpaired) electrons. The number of aromatic hydroxyl groups is 1. The van der Waals surface area contributed by atoms with Gasteiger partial charge in [-0.15, -0.1) is 0 Å². The first kappa shape index (κ1) is 19.2. The van der Waals surface area contributed by atoms with Crippen molar-refractivity contribution in [1.82, 2.24) is 15.0 Å². The van der Waals surface area contributed by atoms with Crippen molar-refractivity contribution in [3.63, 3.8) is 0 Å². The van der Waals surface area contributed by atoms with Gasteiger partial charge in [0, 0.05) is 11.1 Å². The summed E-state index contributed by atoms with van der Waals surface area (Å²) in [5.74, 6) is 0.226. The average Bonchev–Trinajstić information content (AvgIpc) is 3.08. The monoisotopic (exact) mass is 431 g/mol. The fraction of sp³-hybridized carbons (Fsp3) is 0.0526. The molecule has 0 fully saturated rings. The van der Waals surface area contributed by atoms with Gasteiger partial charge in [-0.2, -0.15) is 0 Å². The zero-order chi connectivity index (χ0) is 19.7. The minimum absolute atomic E-state index is 0.170. The normalized spacial score (nSPS) is 11.4. The van der Waals surface area contributed by atoms with Crippen LogP contribution in [0.1, 0.15) is 0 Å². The summed E-state index contributed by atoms with van der Waals surface area (Å²) in [5, 5.41) is 11.1. The number of halogens is 1. The van der Waals surface area contributed by atoms with Crippen LogP contribution in [0.15, 0.2) is 59.8 Å². The Labute approximate surface area is 171 Å². The fourth-order valence-corrected chi connectivity index (χ4v) is 4.36. The second-order valence-electron chi connectivity index (χ2n) is 5.97. The number of benzene rings is 2. The Balaban J connectivity index is 1.66. The van der Waals surface area contributed by atoms with Gasteiger partial charge in [0.2, 0.25) is 0 Å². The molecule has 6 nitrogen and oxygen atoms in total. The van der Waals surface area contributed by atoms with Gasteiger partial charge >= 0.3 is 0 Å². The summed E-state index contributed by atoms with van der Waals surface area (Å²) in [5.41, 5.74) is 4.44. The number of thioether (sulfide) groups is 1. The number of imidazole rings is 1. The average molecular weight is 432 g/mol. The van der Waals surface area contributed by atoms with E-state index in [9.17, 15) is 5.11 Å². The van der Waals surface area contributed by atoms with Gasteiger partial charge in [0.25, 0.3) is 0 Å². The van der Waals surface area contributed by atoms with Crippen molar-refractivity contribution in [3.8, 4) is 28.1 Å². The molecule has 4 aromatic rings. The summed E-state index contributed by atoms with van der Waals surface area (Å²) in [7, 11) is -1.99. The van der Waals surface area contributed by atoms with Crippen LogP contribution in [0.2, 0.25) is 5.02 Å². The number of fused-ring (bicyclic) bond motifs is 1. The fourth-order valence-electron chi connectivity index (χ4n) is 2.81. The lowest BCUT2D eigenvalue weighted by atomic mass is 10.0.